The third kappa shape index (κ3) is 3.88. The number of amides is 2. The second-order valence-corrected chi connectivity index (χ2v) is 5.39. The molecule has 1 aliphatic rings. The lowest BCUT2D eigenvalue weighted by Crippen LogP contribution is -2.38. The van der Waals surface area contributed by atoms with Crippen LogP contribution in [0.2, 0.25) is 0 Å². The molecule has 1 aromatic heterocycles. The Balaban J connectivity index is 1.80. The highest BCUT2D eigenvalue weighted by Crippen LogP contribution is 2.29. The fourth-order valence-electron chi connectivity index (χ4n) is 2.38. The van der Waals surface area contributed by atoms with Crippen molar-refractivity contribution in [3.05, 3.63) is 6.20 Å². The van der Waals surface area contributed by atoms with Crippen LogP contribution >= 0.6 is 11.5 Å². The lowest BCUT2D eigenvalue weighted by Gasteiger charge is -2.28. The van der Waals surface area contributed by atoms with Crippen LogP contribution < -0.4 is 10.6 Å². The van der Waals surface area contributed by atoms with E-state index in [0.717, 1.165) is 30.8 Å². The largest absolute Gasteiger partial charge is 0.481 e. The third-order valence-corrected chi connectivity index (χ3v) is 3.93. The maximum absolute atomic E-state index is 11.6. The van der Waals surface area contributed by atoms with Crippen LogP contribution in [0.1, 0.15) is 25.7 Å². The molecule has 0 saturated heterocycles. The van der Waals surface area contributed by atoms with E-state index in [4.69, 9.17) is 5.11 Å². The standard InChI is InChI=1S/C11H16N4O3S/c16-10(17)8-4-2-1-3-7(8)5-12-11(18)14-9-6-13-15-19-9/h6-8H,1-5H2,(H,16,17)(H2,12,14,18). The summed E-state index contributed by atoms with van der Waals surface area (Å²) >= 11 is 1.09. The number of hydrogen-bond donors (Lipinski definition) is 3. The minimum atomic E-state index is -0.765. The minimum Gasteiger partial charge on any atom is -0.481 e. The maximum atomic E-state index is 11.6. The number of rotatable bonds is 4. The molecular formula is C11H16N4O3S. The van der Waals surface area contributed by atoms with Gasteiger partial charge in [-0.3, -0.25) is 10.1 Å². The molecule has 1 heterocycles. The molecule has 0 radical (unpaired) electrons. The lowest BCUT2D eigenvalue weighted by atomic mass is 9.79. The number of carboxylic acid groups (broad SMARTS) is 1. The van der Waals surface area contributed by atoms with Gasteiger partial charge in [0.25, 0.3) is 0 Å². The van der Waals surface area contributed by atoms with Crippen molar-refractivity contribution in [1.82, 2.24) is 14.9 Å². The van der Waals surface area contributed by atoms with Crippen molar-refractivity contribution >= 4 is 28.5 Å². The first-order chi connectivity index (χ1) is 9.16. The van der Waals surface area contributed by atoms with Crippen molar-refractivity contribution in [3.8, 4) is 0 Å². The van der Waals surface area contributed by atoms with Gasteiger partial charge in [0.15, 0.2) is 0 Å². The number of hydrogen-bond acceptors (Lipinski definition) is 5. The number of carbonyl (C=O) groups is 2. The van der Waals surface area contributed by atoms with Gasteiger partial charge in [-0.15, -0.1) is 5.10 Å². The zero-order valence-electron chi connectivity index (χ0n) is 10.3. The molecule has 2 unspecified atom stereocenters. The van der Waals surface area contributed by atoms with Crippen LogP contribution in [0, 0.1) is 11.8 Å². The summed E-state index contributed by atoms with van der Waals surface area (Å²) < 4.78 is 3.63. The predicted molar refractivity (Wildman–Crippen MR) is 70.0 cm³/mol. The second-order valence-electron chi connectivity index (χ2n) is 4.61. The molecule has 2 amide bonds. The molecule has 1 fully saturated rings. The number of anilines is 1. The highest BCUT2D eigenvalue weighted by molar-refractivity contribution is 7.10. The summed E-state index contributed by atoms with van der Waals surface area (Å²) in [5, 5.41) is 18.6. The van der Waals surface area contributed by atoms with Gasteiger partial charge in [0, 0.05) is 18.1 Å². The van der Waals surface area contributed by atoms with Crippen LogP contribution in [-0.4, -0.2) is 33.2 Å². The summed E-state index contributed by atoms with van der Waals surface area (Å²) in [6.45, 7) is 0.384. The second kappa shape index (κ2) is 6.46. The van der Waals surface area contributed by atoms with E-state index in [1.54, 1.807) is 0 Å². The smallest absolute Gasteiger partial charge is 0.319 e. The van der Waals surface area contributed by atoms with Gasteiger partial charge in [0.2, 0.25) is 0 Å². The summed E-state index contributed by atoms with van der Waals surface area (Å²) in [5.41, 5.74) is 0. The van der Waals surface area contributed by atoms with Crippen LogP contribution in [0.3, 0.4) is 0 Å². The van der Waals surface area contributed by atoms with Crippen molar-refractivity contribution in [2.24, 2.45) is 11.8 Å². The fraction of sp³-hybridized carbons (Fsp3) is 0.636. The van der Waals surface area contributed by atoms with Gasteiger partial charge in [-0.05, 0) is 18.8 Å². The molecule has 1 saturated carbocycles. The summed E-state index contributed by atoms with van der Waals surface area (Å²) in [4.78, 5) is 22.7. The lowest BCUT2D eigenvalue weighted by molar-refractivity contribution is -0.144. The average Bonchev–Trinajstić information content (AvgIpc) is 2.89. The first-order valence-electron chi connectivity index (χ1n) is 6.22. The maximum Gasteiger partial charge on any atom is 0.319 e. The van der Waals surface area contributed by atoms with Crippen molar-refractivity contribution in [3.63, 3.8) is 0 Å². The van der Waals surface area contributed by atoms with E-state index in [1.807, 2.05) is 0 Å². The van der Waals surface area contributed by atoms with Gasteiger partial charge in [-0.25, -0.2) is 4.79 Å². The summed E-state index contributed by atoms with van der Waals surface area (Å²) in [6.07, 6.45) is 4.98. The van der Waals surface area contributed by atoms with Crippen LogP contribution in [0.25, 0.3) is 0 Å². The van der Waals surface area contributed by atoms with E-state index in [0.29, 0.717) is 18.0 Å². The molecule has 19 heavy (non-hydrogen) atoms. The van der Waals surface area contributed by atoms with Gasteiger partial charge in [0.05, 0.1) is 12.1 Å². The van der Waals surface area contributed by atoms with Gasteiger partial charge in [-0.2, -0.15) is 0 Å². The van der Waals surface area contributed by atoms with Crippen molar-refractivity contribution < 1.29 is 14.7 Å². The number of aromatic nitrogens is 2. The predicted octanol–water partition coefficient (Wildman–Crippen LogP) is 1.55. The molecule has 0 spiro atoms. The van der Waals surface area contributed by atoms with Gasteiger partial charge in [0.1, 0.15) is 5.00 Å². The number of urea groups is 1. The normalized spacial score (nSPS) is 22.7. The molecule has 104 valence electrons. The van der Waals surface area contributed by atoms with Crippen LogP contribution in [0.4, 0.5) is 9.80 Å². The van der Waals surface area contributed by atoms with Crippen molar-refractivity contribution in [2.45, 2.75) is 25.7 Å². The van der Waals surface area contributed by atoms with Crippen LogP contribution in [0.5, 0.6) is 0 Å². The Morgan fingerprint density at radius 3 is 2.89 bits per heavy atom. The zero-order valence-corrected chi connectivity index (χ0v) is 11.2. The third-order valence-electron chi connectivity index (χ3n) is 3.35. The number of nitrogens with one attached hydrogen (secondary N) is 2. The molecule has 1 aliphatic carbocycles. The number of carbonyl (C=O) groups excluding carboxylic acids is 1. The minimum absolute atomic E-state index is 0.0107. The van der Waals surface area contributed by atoms with E-state index >= 15 is 0 Å². The Morgan fingerprint density at radius 1 is 1.42 bits per heavy atom. The van der Waals surface area contributed by atoms with E-state index < -0.39 is 5.97 Å². The van der Waals surface area contributed by atoms with Crippen molar-refractivity contribution in [2.75, 3.05) is 11.9 Å². The topological polar surface area (TPSA) is 104 Å². The van der Waals surface area contributed by atoms with Gasteiger partial charge in [-0.1, -0.05) is 17.3 Å². The number of nitrogens with zero attached hydrogens (tertiary/aromatic N) is 2. The van der Waals surface area contributed by atoms with Crippen LogP contribution in [-0.2, 0) is 4.79 Å². The Labute approximate surface area is 114 Å². The molecule has 0 bridgehead atoms. The monoisotopic (exact) mass is 284 g/mol. The van der Waals surface area contributed by atoms with Gasteiger partial charge >= 0.3 is 12.0 Å². The summed E-state index contributed by atoms with van der Waals surface area (Å²) in [6, 6.07) is -0.347. The Morgan fingerprint density at radius 2 is 2.21 bits per heavy atom. The van der Waals surface area contributed by atoms with E-state index in [1.165, 1.54) is 6.20 Å². The first kappa shape index (κ1) is 13.7. The van der Waals surface area contributed by atoms with Crippen molar-refractivity contribution in [1.29, 1.82) is 0 Å². The first-order valence-corrected chi connectivity index (χ1v) is 6.99. The molecule has 8 heteroatoms. The zero-order chi connectivity index (χ0) is 13.7. The van der Waals surface area contributed by atoms with Gasteiger partial charge < -0.3 is 10.4 Å². The molecule has 7 nitrogen and oxygen atoms in total. The number of carboxylic acids is 1. The SMILES string of the molecule is O=C(NCC1CCCCC1C(=O)O)Nc1cnns1. The molecule has 0 aromatic carbocycles. The highest BCUT2D eigenvalue weighted by Gasteiger charge is 2.30. The molecule has 3 N–H and O–H groups in total. The Hall–Kier alpha value is -1.70. The van der Waals surface area contributed by atoms with E-state index in [2.05, 4.69) is 20.2 Å². The van der Waals surface area contributed by atoms with E-state index in [-0.39, 0.29) is 17.9 Å². The molecule has 2 rings (SSSR count). The van der Waals surface area contributed by atoms with Crippen LogP contribution in [0.15, 0.2) is 6.20 Å². The Bertz CT molecular complexity index is 437. The van der Waals surface area contributed by atoms with E-state index in [9.17, 15) is 9.59 Å². The molecular weight excluding hydrogens is 268 g/mol. The number of aliphatic carboxylic acids is 1. The molecule has 2 atom stereocenters. The quantitative estimate of drug-likeness (QED) is 0.778. The average molecular weight is 284 g/mol. The molecule has 1 aromatic rings. The fourth-order valence-corrected chi connectivity index (χ4v) is 2.79. The molecule has 0 aliphatic heterocycles. The highest BCUT2D eigenvalue weighted by atomic mass is 32.1. The Kier molecular flexibility index (Phi) is 4.67. The summed E-state index contributed by atoms with van der Waals surface area (Å²) in [5.74, 6) is -1.10. The summed E-state index contributed by atoms with van der Waals surface area (Å²) in [7, 11) is 0.